The number of ether oxygens (including phenoxy) is 1. The Labute approximate surface area is 202 Å². The van der Waals surface area contributed by atoms with Crippen LogP contribution < -0.4 is 33.3 Å². The minimum absolute atomic E-state index is 0. The first kappa shape index (κ1) is 21.8. The maximum atomic E-state index is 5.56. The number of aromatic nitrogens is 3. The molecule has 3 aromatic rings. The Morgan fingerprint density at radius 2 is 1.81 bits per heavy atom. The van der Waals surface area contributed by atoms with Crippen molar-refractivity contribution in [1.29, 1.82) is 0 Å². The number of rotatable bonds is 4. The third kappa shape index (κ3) is 3.84. The van der Waals surface area contributed by atoms with E-state index in [1.165, 1.54) is 5.56 Å². The molecule has 0 amide bonds. The molecular weight excluding hydrogens is 523 g/mol. The molecule has 0 radical (unpaired) electrons. The molecule has 3 heterocycles. The lowest BCUT2D eigenvalue weighted by molar-refractivity contribution is -0.682. The summed E-state index contributed by atoms with van der Waals surface area (Å²) in [6, 6.07) is 16.6. The Kier molecular flexibility index (Phi) is 6.07. The van der Waals surface area contributed by atoms with E-state index in [4.69, 9.17) is 19.9 Å². The first-order valence-electron chi connectivity index (χ1n) is 9.83. The molecule has 9 heteroatoms. The van der Waals surface area contributed by atoms with Gasteiger partial charge in [0.25, 0.3) is 5.17 Å². The van der Waals surface area contributed by atoms with Crippen molar-refractivity contribution in [3.8, 4) is 5.75 Å². The number of thioether (sulfide) groups is 1. The van der Waals surface area contributed by atoms with Gasteiger partial charge in [-0.25, -0.2) is 4.57 Å². The summed E-state index contributed by atoms with van der Waals surface area (Å²) in [4.78, 5) is 4.94. The molecule has 1 atom stereocenters. The third-order valence-corrected chi connectivity index (χ3v) is 6.17. The third-order valence-electron chi connectivity index (χ3n) is 5.33. The summed E-state index contributed by atoms with van der Waals surface area (Å²) in [6.45, 7) is 6.75. The zero-order chi connectivity index (χ0) is 20.8. The quantitative estimate of drug-likeness (QED) is 0.359. The van der Waals surface area contributed by atoms with Gasteiger partial charge in [0, 0.05) is 18.1 Å². The lowest BCUT2D eigenvalue weighted by Gasteiger charge is -2.25. The second-order valence-electron chi connectivity index (χ2n) is 7.43. The molecule has 0 spiro atoms. The minimum Gasteiger partial charge on any atom is -1.00 e. The molecule has 2 aliphatic rings. The Hall–Kier alpha value is -2.40. The van der Waals surface area contributed by atoms with Crippen LogP contribution in [0.25, 0.3) is 0 Å². The summed E-state index contributed by atoms with van der Waals surface area (Å²) < 4.78 is 9.67. The van der Waals surface area contributed by atoms with Crippen molar-refractivity contribution in [2.24, 2.45) is 10.1 Å². The van der Waals surface area contributed by atoms with Gasteiger partial charge in [-0.2, -0.15) is 10.1 Å². The summed E-state index contributed by atoms with van der Waals surface area (Å²) in [7, 11) is 1.70. The van der Waals surface area contributed by atoms with E-state index in [1.54, 1.807) is 18.9 Å². The molecule has 0 aliphatic carbocycles. The van der Waals surface area contributed by atoms with E-state index < -0.39 is 0 Å². The number of methoxy groups -OCH3 is 1. The smallest absolute Gasteiger partial charge is 0.387 e. The van der Waals surface area contributed by atoms with Gasteiger partial charge in [0.2, 0.25) is 12.0 Å². The van der Waals surface area contributed by atoms with Gasteiger partial charge in [0.15, 0.2) is 0 Å². The lowest BCUT2D eigenvalue weighted by atomic mass is 10.1. The van der Waals surface area contributed by atoms with Crippen LogP contribution in [0.5, 0.6) is 5.75 Å². The first-order valence-corrected chi connectivity index (χ1v) is 10.6. The van der Waals surface area contributed by atoms with Gasteiger partial charge in [-0.15, -0.1) is 0 Å². The van der Waals surface area contributed by atoms with Crippen LogP contribution in [0.3, 0.4) is 0 Å². The fourth-order valence-corrected chi connectivity index (χ4v) is 4.58. The molecule has 2 aromatic carbocycles. The maximum absolute atomic E-state index is 5.56. The molecule has 0 saturated heterocycles. The predicted molar refractivity (Wildman–Crippen MR) is 118 cm³/mol. The topological polar surface area (TPSA) is 58.9 Å². The fraction of sp³-hybridized carbons (Fsp3) is 0.273. The maximum Gasteiger partial charge on any atom is 0.387 e. The predicted octanol–water partition coefficient (Wildman–Crippen LogP) is 0.779. The van der Waals surface area contributed by atoms with Crippen LogP contribution in [-0.2, 0) is 6.54 Å². The van der Waals surface area contributed by atoms with Crippen LogP contribution in [0.2, 0.25) is 0 Å². The number of nitrogens with zero attached hydrogens (tertiary/aromatic N) is 6. The van der Waals surface area contributed by atoms with Gasteiger partial charge in [-0.3, -0.25) is 0 Å². The number of para-hydroxylation sites is 1. The van der Waals surface area contributed by atoms with Crippen LogP contribution in [0.15, 0.2) is 58.6 Å². The van der Waals surface area contributed by atoms with E-state index in [0.717, 1.165) is 38.9 Å². The fourth-order valence-electron chi connectivity index (χ4n) is 3.82. The minimum atomic E-state index is -0.171. The summed E-state index contributed by atoms with van der Waals surface area (Å²) in [5.41, 5.74) is 3.44. The molecule has 1 unspecified atom stereocenters. The molecule has 0 fully saturated rings. The number of hydrazone groups is 1. The van der Waals surface area contributed by atoms with E-state index in [-0.39, 0.29) is 30.1 Å². The summed E-state index contributed by atoms with van der Waals surface area (Å²) in [5.74, 6) is 2.57. The monoisotopic (exact) mass is 546 g/mol. The van der Waals surface area contributed by atoms with E-state index in [2.05, 4.69) is 41.8 Å². The Bertz CT molecular complexity index is 1190. The molecule has 2 aliphatic heterocycles. The highest BCUT2D eigenvalue weighted by Crippen LogP contribution is 2.38. The van der Waals surface area contributed by atoms with Gasteiger partial charge >= 0.3 is 5.95 Å². The van der Waals surface area contributed by atoms with Gasteiger partial charge < -0.3 is 28.7 Å². The van der Waals surface area contributed by atoms with Crippen molar-refractivity contribution in [1.82, 2.24) is 14.8 Å². The van der Waals surface area contributed by atoms with E-state index in [0.29, 0.717) is 6.54 Å². The summed E-state index contributed by atoms with van der Waals surface area (Å²) >= 11 is 1.59. The van der Waals surface area contributed by atoms with Crippen molar-refractivity contribution < 1.29 is 33.3 Å². The number of aliphatic imine (C=N–C) groups is 1. The van der Waals surface area contributed by atoms with E-state index in [1.807, 2.05) is 41.7 Å². The standard InChI is InChI=1S/C22H23N6OS.HI/c1-14-9-11-17(12-10-14)20-27-21(23-22-28(20)25-16(3)30-22)26(15(2)24-27)13-18-7-5-6-8-19(18)29-4;/h5-12,20H,13H2,1-4H3;1H/q+1;/p-1. The lowest BCUT2D eigenvalue weighted by Crippen LogP contribution is -3.00. The highest BCUT2D eigenvalue weighted by Gasteiger charge is 2.44. The number of aryl methyl sites for hydroxylation is 2. The number of hydrogen-bond donors (Lipinski definition) is 0. The zero-order valence-electron chi connectivity index (χ0n) is 17.8. The number of halogens is 1. The largest absolute Gasteiger partial charge is 1.00 e. The van der Waals surface area contributed by atoms with Crippen molar-refractivity contribution >= 4 is 27.9 Å². The summed E-state index contributed by atoms with van der Waals surface area (Å²) in [6.07, 6.45) is -0.171. The number of hydrogen-bond acceptors (Lipinski definition) is 6. The molecule has 5 rings (SSSR count). The van der Waals surface area contributed by atoms with Crippen molar-refractivity contribution in [2.75, 3.05) is 7.11 Å². The van der Waals surface area contributed by atoms with Crippen molar-refractivity contribution in [2.45, 2.75) is 33.5 Å². The summed E-state index contributed by atoms with van der Waals surface area (Å²) in [5, 5.41) is 13.4. The van der Waals surface area contributed by atoms with Crippen LogP contribution in [-0.4, -0.2) is 32.1 Å². The number of benzene rings is 2. The highest BCUT2D eigenvalue weighted by molar-refractivity contribution is 8.26. The van der Waals surface area contributed by atoms with E-state index >= 15 is 0 Å². The first-order chi connectivity index (χ1) is 14.5. The molecule has 31 heavy (non-hydrogen) atoms. The van der Waals surface area contributed by atoms with Crippen LogP contribution in [0.1, 0.15) is 35.6 Å². The molecular formula is C22H23IN6OS. The Morgan fingerprint density at radius 3 is 2.55 bits per heavy atom. The second kappa shape index (κ2) is 8.62. The molecule has 7 nitrogen and oxygen atoms in total. The Morgan fingerprint density at radius 1 is 1.06 bits per heavy atom. The molecule has 160 valence electrons. The number of fused-ring (bicyclic) bond motifs is 2. The average Bonchev–Trinajstić information content (AvgIpc) is 3.26. The zero-order valence-corrected chi connectivity index (χ0v) is 20.8. The molecule has 0 N–H and O–H groups in total. The SMILES string of the molecule is COc1ccccc1C[n+]1c(C)nn2c1N=C1SC(C)=NN1C2c1ccc(C)cc1.[I-]. The number of amidine groups is 1. The van der Waals surface area contributed by atoms with Gasteiger partial charge in [-0.05, 0) is 36.8 Å². The van der Waals surface area contributed by atoms with Gasteiger partial charge in [0.1, 0.15) is 5.75 Å². The van der Waals surface area contributed by atoms with Crippen LogP contribution >= 0.6 is 11.8 Å². The van der Waals surface area contributed by atoms with Gasteiger partial charge in [-0.1, -0.05) is 57.7 Å². The second-order valence-corrected chi connectivity index (χ2v) is 8.59. The van der Waals surface area contributed by atoms with Crippen molar-refractivity contribution in [3.05, 3.63) is 71.0 Å². The van der Waals surface area contributed by atoms with Crippen LogP contribution in [0.4, 0.5) is 5.95 Å². The van der Waals surface area contributed by atoms with Gasteiger partial charge in [0.05, 0.1) is 18.7 Å². The Balaban J connectivity index is 0.00000231. The molecule has 1 aromatic heterocycles. The van der Waals surface area contributed by atoms with Crippen LogP contribution in [0, 0.1) is 13.8 Å². The molecule has 0 bridgehead atoms. The normalized spacial score (nSPS) is 16.8. The average molecular weight is 546 g/mol. The molecule has 0 saturated carbocycles. The highest BCUT2D eigenvalue weighted by atomic mass is 127. The van der Waals surface area contributed by atoms with E-state index in [9.17, 15) is 0 Å². The van der Waals surface area contributed by atoms with Crippen molar-refractivity contribution in [3.63, 3.8) is 0 Å².